The van der Waals surface area contributed by atoms with E-state index in [9.17, 15) is 8.78 Å². The molecule has 28 heavy (non-hydrogen) atoms. The van der Waals surface area contributed by atoms with Crippen LogP contribution in [0.4, 0.5) is 14.5 Å². The molecule has 0 saturated heterocycles. The molecule has 142 valence electrons. The molecular formula is C23H21F2N3. The van der Waals surface area contributed by atoms with Crippen LogP contribution in [0.15, 0.2) is 55.1 Å². The van der Waals surface area contributed by atoms with Crippen LogP contribution < -0.4 is 5.32 Å². The van der Waals surface area contributed by atoms with Gasteiger partial charge in [-0.3, -0.25) is 0 Å². The molecule has 1 heterocycles. The SMILES string of the molecule is C=C(Nc1ccc(-n2nc(C3CC3)cc2C2CC2)cc1)c1c(F)cccc1F. The van der Waals surface area contributed by atoms with Gasteiger partial charge in [0.25, 0.3) is 0 Å². The van der Waals surface area contributed by atoms with Crippen LogP contribution in [0.3, 0.4) is 0 Å². The van der Waals surface area contributed by atoms with Crippen molar-refractivity contribution in [3.8, 4) is 5.69 Å². The van der Waals surface area contributed by atoms with Gasteiger partial charge >= 0.3 is 0 Å². The Morgan fingerprint density at radius 3 is 2.21 bits per heavy atom. The molecule has 0 atom stereocenters. The van der Waals surface area contributed by atoms with Gasteiger partial charge in [-0.25, -0.2) is 13.5 Å². The Labute approximate surface area is 162 Å². The van der Waals surface area contributed by atoms with E-state index in [0.717, 1.165) is 11.4 Å². The van der Waals surface area contributed by atoms with E-state index in [0.29, 0.717) is 11.8 Å². The van der Waals surface area contributed by atoms with Crippen molar-refractivity contribution in [3.63, 3.8) is 0 Å². The van der Waals surface area contributed by atoms with Gasteiger partial charge in [-0.2, -0.15) is 5.10 Å². The first-order valence-electron chi connectivity index (χ1n) is 9.71. The van der Waals surface area contributed by atoms with Crippen LogP contribution in [0.2, 0.25) is 0 Å². The molecule has 0 unspecified atom stereocenters. The lowest BCUT2D eigenvalue weighted by Crippen LogP contribution is -2.04. The quantitative estimate of drug-likeness (QED) is 0.572. The molecule has 0 aliphatic heterocycles. The van der Waals surface area contributed by atoms with Crippen molar-refractivity contribution >= 4 is 11.4 Å². The van der Waals surface area contributed by atoms with Gasteiger partial charge in [0.2, 0.25) is 0 Å². The fraction of sp³-hybridized carbons (Fsp3) is 0.261. The summed E-state index contributed by atoms with van der Waals surface area (Å²) in [6.07, 6.45) is 4.92. The highest BCUT2D eigenvalue weighted by Gasteiger charge is 2.32. The van der Waals surface area contributed by atoms with Gasteiger partial charge in [-0.1, -0.05) is 12.6 Å². The Hall–Kier alpha value is -2.95. The fourth-order valence-electron chi connectivity index (χ4n) is 3.58. The van der Waals surface area contributed by atoms with Crippen molar-refractivity contribution in [1.29, 1.82) is 0 Å². The van der Waals surface area contributed by atoms with E-state index < -0.39 is 11.6 Å². The summed E-state index contributed by atoms with van der Waals surface area (Å²) >= 11 is 0. The summed E-state index contributed by atoms with van der Waals surface area (Å²) in [5.41, 5.74) is 4.27. The smallest absolute Gasteiger partial charge is 0.135 e. The standard InChI is InChI=1S/C23H21F2N3/c1-14(23-19(24)3-2-4-20(23)25)26-17-9-11-18(12-10-17)28-22(16-7-8-16)13-21(27-28)15-5-6-15/h2-4,9-13,15-16,26H,1,5-8H2. The summed E-state index contributed by atoms with van der Waals surface area (Å²) in [7, 11) is 0. The molecule has 2 fully saturated rings. The second-order valence-electron chi connectivity index (χ2n) is 7.70. The topological polar surface area (TPSA) is 29.9 Å². The Morgan fingerprint density at radius 1 is 0.964 bits per heavy atom. The molecule has 2 aromatic carbocycles. The van der Waals surface area contributed by atoms with E-state index in [-0.39, 0.29) is 11.3 Å². The van der Waals surface area contributed by atoms with Crippen molar-refractivity contribution in [2.45, 2.75) is 37.5 Å². The lowest BCUT2D eigenvalue weighted by Gasteiger charge is -2.13. The lowest BCUT2D eigenvalue weighted by atomic mass is 10.1. The fourth-order valence-corrected chi connectivity index (χ4v) is 3.58. The van der Waals surface area contributed by atoms with E-state index >= 15 is 0 Å². The number of nitrogens with one attached hydrogen (secondary N) is 1. The van der Waals surface area contributed by atoms with Gasteiger partial charge in [0.1, 0.15) is 11.6 Å². The van der Waals surface area contributed by atoms with Crippen LogP contribution in [-0.4, -0.2) is 9.78 Å². The molecule has 5 heteroatoms. The molecule has 2 saturated carbocycles. The maximum atomic E-state index is 13.9. The molecule has 3 nitrogen and oxygen atoms in total. The lowest BCUT2D eigenvalue weighted by molar-refractivity contribution is 0.577. The monoisotopic (exact) mass is 377 g/mol. The van der Waals surface area contributed by atoms with Crippen LogP contribution in [-0.2, 0) is 0 Å². The number of halogens is 2. The van der Waals surface area contributed by atoms with Gasteiger partial charge in [0, 0.05) is 28.9 Å². The van der Waals surface area contributed by atoms with E-state index in [4.69, 9.17) is 5.10 Å². The largest absolute Gasteiger partial charge is 0.355 e. The number of hydrogen-bond donors (Lipinski definition) is 1. The molecule has 0 amide bonds. The molecule has 2 aliphatic carbocycles. The average molecular weight is 377 g/mol. The molecule has 1 N–H and O–H groups in total. The Morgan fingerprint density at radius 2 is 1.61 bits per heavy atom. The first-order chi connectivity index (χ1) is 13.6. The van der Waals surface area contributed by atoms with Crippen molar-refractivity contribution in [2.75, 3.05) is 5.32 Å². The molecule has 0 spiro atoms. The van der Waals surface area contributed by atoms with E-state index in [1.807, 2.05) is 24.3 Å². The Bertz CT molecular complexity index is 1020. The highest BCUT2D eigenvalue weighted by atomic mass is 19.1. The van der Waals surface area contributed by atoms with E-state index in [1.54, 1.807) is 0 Å². The van der Waals surface area contributed by atoms with Crippen molar-refractivity contribution in [1.82, 2.24) is 9.78 Å². The first kappa shape index (κ1) is 17.2. The summed E-state index contributed by atoms with van der Waals surface area (Å²) < 4.78 is 29.9. The molecular weight excluding hydrogens is 356 g/mol. The summed E-state index contributed by atoms with van der Waals surface area (Å²) in [6, 6.07) is 13.8. The minimum absolute atomic E-state index is 0.135. The van der Waals surface area contributed by atoms with Crippen LogP contribution in [0.1, 0.15) is 54.5 Å². The van der Waals surface area contributed by atoms with Gasteiger partial charge in [-0.05, 0) is 68.1 Å². The van der Waals surface area contributed by atoms with Crippen LogP contribution in [0.25, 0.3) is 11.4 Å². The highest BCUT2D eigenvalue weighted by Crippen LogP contribution is 2.45. The number of rotatable bonds is 6. The van der Waals surface area contributed by atoms with Gasteiger partial charge in [0.05, 0.1) is 16.9 Å². The summed E-state index contributed by atoms with van der Waals surface area (Å²) in [4.78, 5) is 0. The van der Waals surface area contributed by atoms with E-state index in [2.05, 4.69) is 22.6 Å². The minimum Gasteiger partial charge on any atom is -0.355 e. The summed E-state index contributed by atoms with van der Waals surface area (Å²) in [5, 5.41) is 7.84. The summed E-state index contributed by atoms with van der Waals surface area (Å²) in [5.74, 6) is -0.0278. The van der Waals surface area contributed by atoms with Crippen LogP contribution in [0, 0.1) is 11.6 Å². The third kappa shape index (κ3) is 3.21. The zero-order valence-corrected chi connectivity index (χ0v) is 15.5. The van der Waals surface area contributed by atoms with Crippen molar-refractivity contribution < 1.29 is 8.78 Å². The zero-order chi connectivity index (χ0) is 19.3. The van der Waals surface area contributed by atoms with E-state index in [1.165, 1.54) is 55.3 Å². The number of nitrogens with zero attached hydrogens (tertiary/aromatic N) is 2. The highest BCUT2D eigenvalue weighted by molar-refractivity contribution is 5.76. The minimum atomic E-state index is -0.632. The maximum absolute atomic E-state index is 13.9. The second kappa shape index (κ2) is 6.59. The molecule has 1 aromatic heterocycles. The Kier molecular flexibility index (Phi) is 4.04. The van der Waals surface area contributed by atoms with Crippen LogP contribution >= 0.6 is 0 Å². The van der Waals surface area contributed by atoms with Gasteiger partial charge in [0.15, 0.2) is 0 Å². The zero-order valence-electron chi connectivity index (χ0n) is 15.5. The predicted molar refractivity (Wildman–Crippen MR) is 107 cm³/mol. The number of aromatic nitrogens is 2. The third-order valence-electron chi connectivity index (χ3n) is 5.42. The third-order valence-corrected chi connectivity index (χ3v) is 5.42. The number of anilines is 1. The van der Waals surface area contributed by atoms with Crippen LogP contribution in [0.5, 0.6) is 0 Å². The molecule has 2 aliphatic rings. The molecule has 0 radical (unpaired) electrons. The Balaban J connectivity index is 1.38. The maximum Gasteiger partial charge on any atom is 0.135 e. The number of hydrogen-bond acceptors (Lipinski definition) is 2. The van der Waals surface area contributed by atoms with Gasteiger partial charge < -0.3 is 5.32 Å². The van der Waals surface area contributed by atoms with Crippen molar-refractivity contribution in [3.05, 3.63) is 83.7 Å². The van der Waals surface area contributed by atoms with Crippen molar-refractivity contribution in [2.24, 2.45) is 0 Å². The normalized spacial score (nSPS) is 16.2. The second-order valence-corrected chi connectivity index (χ2v) is 7.70. The predicted octanol–water partition coefficient (Wildman–Crippen LogP) is 5.99. The first-order valence-corrected chi connectivity index (χ1v) is 9.71. The van der Waals surface area contributed by atoms with Gasteiger partial charge in [-0.15, -0.1) is 0 Å². The molecule has 5 rings (SSSR count). The molecule has 3 aromatic rings. The summed E-state index contributed by atoms with van der Waals surface area (Å²) in [6.45, 7) is 3.79. The average Bonchev–Trinajstić information content (AvgIpc) is 3.61. The number of benzene rings is 2. The molecule has 0 bridgehead atoms.